The Labute approximate surface area is 351 Å². The lowest BCUT2D eigenvalue weighted by Crippen LogP contribution is -2.46. The smallest absolute Gasteiger partial charge is 0.224 e. The standard InChI is InChI=1S/C48H53ClN4O6/c49-39-23-21-38(22-24-39)48(57)25-27-53(28-26-48)31-40-29-44(35-15-13-33(32-54)14-16-35)59-47(58-40)36-19-17-34(18-20-36)41-8-2-1-7-37(41)30-51-45(55)11-5-6-12-46(56)52-43-10-4-3-9-42(43)50/h1-4,7-10,13-24,40,44,47,54,57H,5-6,11-12,25-32,50H2,(H,51,55)(H,52,56)/t40-,44+,47+/m1/s1. The van der Waals surface area contributed by atoms with E-state index in [0.29, 0.717) is 74.4 Å². The van der Waals surface area contributed by atoms with Crippen LogP contribution in [0.15, 0.2) is 121 Å². The van der Waals surface area contributed by atoms with Gasteiger partial charge in [-0.1, -0.05) is 109 Å². The third kappa shape index (κ3) is 11.2. The molecule has 0 unspecified atom stereocenters. The van der Waals surface area contributed by atoms with Crippen molar-refractivity contribution in [1.29, 1.82) is 0 Å². The van der Waals surface area contributed by atoms with Crippen LogP contribution < -0.4 is 16.4 Å². The SMILES string of the molecule is Nc1ccccc1NC(=O)CCCCC(=O)NCc1ccccc1-c1ccc([C@H]2O[C@@H](CN3CCC(O)(c4ccc(Cl)cc4)CC3)C[C@@H](c3ccc(CO)cc3)O2)cc1. The number of nitrogen functional groups attached to an aromatic ring is 1. The van der Waals surface area contributed by atoms with Crippen LogP contribution in [0.1, 0.15) is 85.2 Å². The summed E-state index contributed by atoms with van der Waals surface area (Å²) in [6, 6.07) is 38.8. The number of piperidine rings is 1. The predicted molar refractivity (Wildman–Crippen MR) is 231 cm³/mol. The van der Waals surface area contributed by atoms with Crippen LogP contribution in [0, 0.1) is 0 Å². The number of halogens is 1. The van der Waals surface area contributed by atoms with Gasteiger partial charge in [0, 0.05) is 56.0 Å². The number of hydrogen-bond donors (Lipinski definition) is 5. The van der Waals surface area contributed by atoms with Crippen LogP contribution in [0.25, 0.3) is 11.1 Å². The molecule has 6 N–H and O–H groups in total. The lowest BCUT2D eigenvalue weighted by Gasteiger charge is -2.42. The Morgan fingerprint density at radius 3 is 2.17 bits per heavy atom. The quantitative estimate of drug-likeness (QED) is 0.0523. The number of carbonyl (C=O) groups excluding carboxylic acids is 2. The molecule has 3 atom stereocenters. The summed E-state index contributed by atoms with van der Waals surface area (Å²) in [6.07, 6.45) is 2.81. The molecule has 0 saturated carbocycles. The van der Waals surface area contributed by atoms with Gasteiger partial charge in [-0.2, -0.15) is 0 Å². The topological polar surface area (TPSA) is 146 Å². The Kier molecular flexibility index (Phi) is 14.1. The number of nitrogens with zero attached hydrogens (tertiary/aromatic N) is 1. The van der Waals surface area contributed by atoms with Crippen molar-refractivity contribution >= 4 is 34.8 Å². The summed E-state index contributed by atoms with van der Waals surface area (Å²) in [5.74, 6) is -0.187. The number of likely N-dealkylation sites (tertiary alicyclic amines) is 1. The van der Waals surface area contributed by atoms with Gasteiger partial charge in [-0.05, 0) is 83.3 Å². The number of amides is 2. The second kappa shape index (κ2) is 19.8. The second-order valence-electron chi connectivity index (χ2n) is 15.6. The van der Waals surface area contributed by atoms with Gasteiger partial charge in [0.25, 0.3) is 0 Å². The first kappa shape index (κ1) is 42.1. The number of hydrogen-bond acceptors (Lipinski definition) is 8. The highest BCUT2D eigenvalue weighted by molar-refractivity contribution is 6.30. The Morgan fingerprint density at radius 2 is 1.46 bits per heavy atom. The number of unbranched alkanes of at least 4 members (excludes halogenated alkanes) is 1. The molecule has 0 aromatic heterocycles. The number of anilines is 2. The molecule has 2 aliphatic heterocycles. The summed E-state index contributed by atoms with van der Waals surface area (Å²) in [4.78, 5) is 27.5. The maximum absolute atomic E-state index is 12.8. The van der Waals surface area contributed by atoms with Crippen LogP contribution in [-0.4, -0.2) is 52.7 Å². The monoisotopic (exact) mass is 816 g/mol. The van der Waals surface area contributed by atoms with E-state index in [0.717, 1.165) is 52.0 Å². The highest BCUT2D eigenvalue weighted by Gasteiger charge is 2.37. The molecular weight excluding hydrogens is 764 g/mol. The largest absolute Gasteiger partial charge is 0.397 e. The number of nitrogens with one attached hydrogen (secondary N) is 2. The average molecular weight is 817 g/mol. The van der Waals surface area contributed by atoms with E-state index in [9.17, 15) is 19.8 Å². The third-order valence-electron chi connectivity index (χ3n) is 11.4. The van der Waals surface area contributed by atoms with E-state index in [4.69, 9.17) is 26.8 Å². The van der Waals surface area contributed by atoms with E-state index in [1.165, 1.54) is 0 Å². The van der Waals surface area contributed by atoms with Gasteiger partial charge in [-0.25, -0.2) is 0 Å². The van der Waals surface area contributed by atoms with Crippen LogP contribution in [-0.2, 0) is 37.8 Å². The first-order valence-electron chi connectivity index (χ1n) is 20.5. The summed E-state index contributed by atoms with van der Waals surface area (Å²) < 4.78 is 13.3. The minimum Gasteiger partial charge on any atom is -0.397 e. The zero-order chi connectivity index (χ0) is 41.2. The summed E-state index contributed by atoms with van der Waals surface area (Å²) in [7, 11) is 0. The fourth-order valence-corrected chi connectivity index (χ4v) is 8.05. The lowest BCUT2D eigenvalue weighted by molar-refractivity contribution is -0.253. The maximum Gasteiger partial charge on any atom is 0.224 e. The number of aliphatic hydroxyl groups excluding tert-OH is 1. The lowest BCUT2D eigenvalue weighted by atomic mass is 9.84. The van der Waals surface area contributed by atoms with Crippen LogP contribution in [0.3, 0.4) is 0 Å². The van der Waals surface area contributed by atoms with Gasteiger partial charge < -0.3 is 41.0 Å². The number of carbonyl (C=O) groups is 2. The van der Waals surface area contributed by atoms with Gasteiger partial charge >= 0.3 is 0 Å². The van der Waals surface area contributed by atoms with Gasteiger partial charge in [0.1, 0.15) is 0 Å². The zero-order valence-electron chi connectivity index (χ0n) is 33.2. The zero-order valence-corrected chi connectivity index (χ0v) is 34.0. The van der Waals surface area contributed by atoms with E-state index in [2.05, 4.69) is 33.7 Å². The Hall–Kier alpha value is -5.07. The molecule has 0 aliphatic carbocycles. The van der Waals surface area contributed by atoms with Crippen molar-refractivity contribution in [3.8, 4) is 11.1 Å². The molecule has 308 valence electrons. The molecule has 0 spiro atoms. The summed E-state index contributed by atoms with van der Waals surface area (Å²) in [6.45, 7) is 2.54. The molecule has 2 saturated heterocycles. The molecular formula is C48H53ClN4O6. The van der Waals surface area contributed by atoms with Gasteiger partial charge in [-0.15, -0.1) is 0 Å². The molecule has 5 aromatic carbocycles. The van der Waals surface area contributed by atoms with Gasteiger partial charge in [0.05, 0.1) is 35.8 Å². The van der Waals surface area contributed by atoms with Crippen molar-refractivity contribution in [3.05, 3.63) is 154 Å². The van der Waals surface area contributed by atoms with E-state index in [-0.39, 0.29) is 30.6 Å². The van der Waals surface area contributed by atoms with Crippen molar-refractivity contribution in [3.63, 3.8) is 0 Å². The first-order valence-corrected chi connectivity index (χ1v) is 20.8. The summed E-state index contributed by atoms with van der Waals surface area (Å²) >= 11 is 6.11. The number of ether oxygens (including phenoxy) is 2. The number of rotatable bonds is 15. The van der Waals surface area contributed by atoms with Crippen molar-refractivity contribution in [2.24, 2.45) is 0 Å². The van der Waals surface area contributed by atoms with Crippen LogP contribution in [0.4, 0.5) is 11.4 Å². The normalized spacial score (nSPS) is 19.2. The van der Waals surface area contributed by atoms with Crippen LogP contribution in [0.5, 0.6) is 0 Å². The third-order valence-corrected chi connectivity index (χ3v) is 11.7. The highest BCUT2D eigenvalue weighted by atomic mass is 35.5. The fourth-order valence-electron chi connectivity index (χ4n) is 7.93. The molecule has 10 nitrogen and oxygen atoms in total. The average Bonchev–Trinajstić information content (AvgIpc) is 3.26. The molecule has 0 radical (unpaired) electrons. The Morgan fingerprint density at radius 1 is 0.797 bits per heavy atom. The van der Waals surface area contributed by atoms with Crippen molar-refractivity contribution in [1.82, 2.24) is 10.2 Å². The number of nitrogens with two attached hydrogens (primary N) is 1. The predicted octanol–water partition coefficient (Wildman–Crippen LogP) is 8.43. The Balaban J connectivity index is 0.956. The summed E-state index contributed by atoms with van der Waals surface area (Å²) in [5, 5.41) is 27.7. The molecule has 5 aromatic rings. The molecule has 11 heteroatoms. The van der Waals surface area contributed by atoms with E-state index in [1.54, 1.807) is 12.1 Å². The molecule has 2 fully saturated rings. The molecule has 0 bridgehead atoms. The van der Waals surface area contributed by atoms with Crippen molar-refractivity contribution < 1.29 is 29.3 Å². The van der Waals surface area contributed by atoms with Crippen molar-refractivity contribution in [2.75, 3.05) is 30.7 Å². The molecule has 59 heavy (non-hydrogen) atoms. The van der Waals surface area contributed by atoms with Crippen molar-refractivity contribution in [2.45, 2.75) is 82.2 Å². The minimum absolute atomic E-state index is 0.0205. The fraction of sp³-hybridized carbons (Fsp3) is 0.333. The first-order chi connectivity index (χ1) is 28.7. The number of para-hydroxylation sites is 2. The van der Waals surface area contributed by atoms with Gasteiger partial charge in [-0.3, -0.25) is 9.59 Å². The molecule has 2 amide bonds. The van der Waals surface area contributed by atoms with Crippen LogP contribution >= 0.6 is 11.6 Å². The maximum atomic E-state index is 12.8. The minimum atomic E-state index is -0.886. The van der Waals surface area contributed by atoms with E-state index >= 15 is 0 Å². The summed E-state index contributed by atoms with van der Waals surface area (Å²) in [5.41, 5.74) is 12.8. The van der Waals surface area contributed by atoms with Gasteiger partial charge in [0.2, 0.25) is 11.8 Å². The number of benzene rings is 5. The Bertz CT molecular complexity index is 2160. The van der Waals surface area contributed by atoms with Crippen LogP contribution in [0.2, 0.25) is 5.02 Å². The van der Waals surface area contributed by atoms with E-state index in [1.807, 2.05) is 91.0 Å². The molecule has 2 heterocycles. The molecule has 2 aliphatic rings. The van der Waals surface area contributed by atoms with Gasteiger partial charge in [0.15, 0.2) is 6.29 Å². The molecule has 7 rings (SSSR count). The van der Waals surface area contributed by atoms with E-state index < -0.39 is 11.9 Å². The second-order valence-corrected chi connectivity index (χ2v) is 16.0. The highest BCUT2D eigenvalue weighted by Crippen LogP contribution is 2.40. The number of aliphatic hydroxyl groups is 2.